The number of nitrogens with zero attached hydrogens (tertiary/aromatic N) is 1. The van der Waals surface area contributed by atoms with E-state index in [1.54, 1.807) is 14.2 Å². The summed E-state index contributed by atoms with van der Waals surface area (Å²) in [4.78, 5) is 2.46. The highest BCUT2D eigenvalue weighted by Gasteiger charge is 2.34. The Morgan fingerprint density at radius 2 is 1.53 bits per heavy atom. The molecular formula is C36H40N2O5. The standard InChI is InChI=1S/C36H40N2O5/c1-40-34-17-29-13-14-38(21-31(29)18-35(34)41-2)22-32-19-33(26-11-9-24(23-39)10-12-26)43-36(42-32)30-8-4-7-28(16-30)27-6-3-5-25(15-27)20-37/h3-12,15-18,32-33,36,39H,13-14,19-23,37H2,1-2H3/t32-,33+,36+/m1/s1. The maximum Gasteiger partial charge on any atom is 0.184 e. The molecule has 0 aliphatic carbocycles. The Labute approximate surface area is 253 Å². The number of methoxy groups -OCH3 is 2. The Balaban J connectivity index is 1.25. The molecule has 2 heterocycles. The molecule has 224 valence electrons. The van der Waals surface area contributed by atoms with Crippen LogP contribution in [-0.2, 0) is 35.6 Å². The van der Waals surface area contributed by atoms with Crippen LogP contribution in [0.5, 0.6) is 11.5 Å². The van der Waals surface area contributed by atoms with Gasteiger partial charge in [-0.3, -0.25) is 4.90 Å². The molecule has 4 aromatic carbocycles. The van der Waals surface area contributed by atoms with Crippen molar-refractivity contribution in [2.75, 3.05) is 27.3 Å². The minimum absolute atomic E-state index is 0.0193. The fraction of sp³-hybridized carbons (Fsp3) is 0.333. The van der Waals surface area contributed by atoms with E-state index in [2.05, 4.69) is 65.6 Å². The van der Waals surface area contributed by atoms with Crippen LogP contribution in [0.3, 0.4) is 0 Å². The van der Waals surface area contributed by atoms with Gasteiger partial charge in [0, 0.05) is 38.2 Å². The molecule has 1 fully saturated rings. The lowest BCUT2D eigenvalue weighted by molar-refractivity contribution is -0.253. The molecule has 2 aliphatic rings. The average molecular weight is 581 g/mol. The van der Waals surface area contributed by atoms with E-state index in [0.717, 1.165) is 77.4 Å². The molecule has 0 spiro atoms. The van der Waals surface area contributed by atoms with Crippen molar-refractivity contribution in [3.63, 3.8) is 0 Å². The third-order valence-corrected chi connectivity index (χ3v) is 8.53. The minimum Gasteiger partial charge on any atom is -0.493 e. The van der Waals surface area contributed by atoms with Crippen LogP contribution in [-0.4, -0.2) is 43.4 Å². The van der Waals surface area contributed by atoms with Gasteiger partial charge >= 0.3 is 0 Å². The van der Waals surface area contributed by atoms with Crippen molar-refractivity contribution in [1.29, 1.82) is 0 Å². The first-order valence-corrected chi connectivity index (χ1v) is 14.9. The largest absolute Gasteiger partial charge is 0.493 e. The molecule has 4 aromatic rings. The highest BCUT2D eigenvalue weighted by atomic mass is 16.7. The molecule has 0 amide bonds. The average Bonchev–Trinajstić information content (AvgIpc) is 3.07. The summed E-state index contributed by atoms with van der Waals surface area (Å²) >= 11 is 0. The first-order chi connectivity index (χ1) is 21.1. The van der Waals surface area contributed by atoms with Crippen LogP contribution >= 0.6 is 0 Å². The van der Waals surface area contributed by atoms with Gasteiger partial charge in [0.15, 0.2) is 17.8 Å². The van der Waals surface area contributed by atoms with Gasteiger partial charge in [0.25, 0.3) is 0 Å². The highest BCUT2D eigenvalue weighted by molar-refractivity contribution is 5.65. The van der Waals surface area contributed by atoms with Crippen molar-refractivity contribution in [1.82, 2.24) is 4.90 Å². The van der Waals surface area contributed by atoms with Crippen molar-refractivity contribution in [2.24, 2.45) is 5.73 Å². The number of ether oxygens (including phenoxy) is 4. The number of benzene rings is 4. The van der Waals surface area contributed by atoms with E-state index >= 15 is 0 Å². The normalized spacial score (nSPS) is 20.4. The summed E-state index contributed by atoms with van der Waals surface area (Å²) in [6.45, 7) is 3.07. The predicted octanol–water partition coefficient (Wildman–Crippen LogP) is 5.93. The molecule has 0 radical (unpaired) electrons. The van der Waals surface area contributed by atoms with E-state index in [9.17, 15) is 5.11 Å². The second-order valence-electron chi connectivity index (χ2n) is 11.3. The first kappa shape index (κ1) is 29.4. The maximum absolute atomic E-state index is 9.56. The summed E-state index contributed by atoms with van der Waals surface area (Å²) in [7, 11) is 3.36. The zero-order valence-corrected chi connectivity index (χ0v) is 24.9. The first-order valence-electron chi connectivity index (χ1n) is 14.9. The smallest absolute Gasteiger partial charge is 0.184 e. The van der Waals surface area contributed by atoms with Gasteiger partial charge in [0.05, 0.1) is 33.0 Å². The van der Waals surface area contributed by atoms with Gasteiger partial charge in [-0.05, 0) is 69.6 Å². The zero-order valence-electron chi connectivity index (χ0n) is 24.9. The number of fused-ring (bicyclic) bond motifs is 1. The number of hydrogen-bond acceptors (Lipinski definition) is 7. The number of aliphatic hydroxyl groups is 1. The van der Waals surface area contributed by atoms with Gasteiger partial charge in [0.1, 0.15) is 0 Å². The van der Waals surface area contributed by atoms with Gasteiger partial charge in [-0.1, -0.05) is 60.7 Å². The lowest BCUT2D eigenvalue weighted by Crippen LogP contribution is -2.41. The minimum atomic E-state index is -0.514. The van der Waals surface area contributed by atoms with E-state index in [4.69, 9.17) is 24.7 Å². The van der Waals surface area contributed by atoms with Gasteiger partial charge in [0.2, 0.25) is 0 Å². The van der Waals surface area contributed by atoms with Crippen LogP contribution in [0.15, 0.2) is 84.9 Å². The quantitative estimate of drug-likeness (QED) is 0.254. The number of nitrogens with two attached hydrogens (primary N) is 1. The van der Waals surface area contributed by atoms with Crippen molar-refractivity contribution < 1.29 is 24.1 Å². The van der Waals surface area contributed by atoms with Crippen molar-refractivity contribution >= 4 is 0 Å². The number of hydrogen-bond donors (Lipinski definition) is 2. The van der Waals surface area contributed by atoms with Crippen LogP contribution in [0, 0.1) is 0 Å². The van der Waals surface area contributed by atoms with E-state index < -0.39 is 6.29 Å². The van der Waals surface area contributed by atoms with E-state index in [0.29, 0.717) is 6.54 Å². The lowest BCUT2D eigenvalue weighted by Gasteiger charge is -2.39. The number of aliphatic hydroxyl groups excluding tert-OH is 1. The van der Waals surface area contributed by atoms with E-state index in [-0.39, 0.29) is 18.8 Å². The van der Waals surface area contributed by atoms with Crippen LogP contribution in [0.25, 0.3) is 11.1 Å². The zero-order chi connectivity index (χ0) is 29.8. The molecule has 0 bridgehead atoms. The van der Waals surface area contributed by atoms with Crippen LogP contribution in [0.2, 0.25) is 0 Å². The molecule has 2 aliphatic heterocycles. The monoisotopic (exact) mass is 580 g/mol. The SMILES string of the molecule is COc1cc2c(cc1OC)CN(C[C@H]1C[C@@H](c3ccc(CO)cc3)O[C@@H](c3cccc(-c4cccc(CN)c4)c3)O1)CC2. The summed E-state index contributed by atoms with van der Waals surface area (Å²) in [5, 5.41) is 9.56. The third-order valence-electron chi connectivity index (χ3n) is 8.53. The van der Waals surface area contributed by atoms with Gasteiger partial charge in [-0.25, -0.2) is 0 Å². The lowest BCUT2D eigenvalue weighted by atomic mass is 9.96. The van der Waals surface area contributed by atoms with Gasteiger partial charge in [-0.2, -0.15) is 0 Å². The summed E-state index contributed by atoms with van der Waals surface area (Å²) in [6, 6.07) is 29.0. The molecule has 0 saturated carbocycles. The molecule has 1 saturated heterocycles. The van der Waals surface area contributed by atoms with E-state index in [1.165, 1.54) is 11.1 Å². The molecule has 0 unspecified atom stereocenters. The van der Waals surface area contributed by atoms with Gasteiger partial charge in [-0.15, -0.1) is 0 Å². The molecule has 3 N–H and O–H groups in total. The Bertz CT molecular complexity index is 1540. The fourth-order valence-corrected chi connectivity index (χ4v) is 6.16. The van der Waals surface area contributed by atoms with E-state index in [1.807, 2.05) is 24.3 Å². The molecule has 7 nitrogen and oxygen atoms in total. The molecule has 43 heavy (non-hydrogen) atoms. The van der Waals surface area contributed by atoms with Gasteiger partial charge < -0.3 is 29.8 Å². The van der Waals surface area contributed by atoms with Crippen LogP contribution < -0.4 is 15.2 Å². The Morgan fingerprint density at radius 1 is 0.814 bits per heavy atom. The van der Waals surface area contributed by atoms with Crippen LogP contribution in [0.1, 0.15) is 52.2 Å². The third kappa shape index (κ3) is 6.61. The second kappa shape index (κ2) is 13.3. The van der Waals surface area contributed by atoms with Crippen molar-refractivity contribution in [2.45, 2.75) is 51.0 Å². The molecule has 3 atom stereocenters. The Hall–Kier alpha value is -3.72. The van der Waals surface area contributed by atoms with Crippen molar-refractivity contribution in [3.8, 4) is 22.6 Å². The predicted molar refractivity (Wildman–Crippen MR) is 167 cm³/mol. The summed E-state index contributed by atoms with van der Waals surface area (Å²) in [5.41, 5.74) is 14.7. The summed E-state index contributed by atoms with van der Waals surface area (Å²) < 4.78 is 24.5. The topological polar surface area (TPSA) is 86.4 Å². The molecule has 6 rings (SSSR count). The summed E-state index contributed by atoms with van der Waals surface area (Å²) in [5.74, 6) is 1.53. The maximum atomic E-state index is 9.56. The van der Waals surface area contributed by atoms with Crippen LogP contribution in [0.4, 0.5) is 0 Å². The summed E-state index contributed by atoms with van der Waals surface area (Å²) in [6.07, 6.45) is 0.996. The molecule has 7 heteroatoms. The number of rotatable bonds is 9. The second-order valence-corrected chi connectivity index (χ2v) is 11.3. The Kier molecular flexibility index (Phi) is 9.07. The molecule has 0 aromatic heterocycles. The van der Waals surface area contributed by atoms with Crippen molar-refractivity contribution in [3.05, 3.63) is 118 Å². The highest BCUT2D eigenvalue weighted by Crippen LogP contribution is 2.40. The molecular weight excluding hydrogens is 540 g/mol. The fourth-order valence-electron chi connectivity index (χ4n) is 6.16. The Morgan fingerprint density at radius 3 is 2.26 bits per heavy atom.